The van der Waals surface area contributed by atoms with E-state index in [1.54, 1.807) is 18.0 Å². The van der Waals surface area contributed by atoms with Crippen molar-refractivity contribution in [1.82, 2.24) is 25.1 Å². The average molecular weight is 348 g/mol. The molecule has 0 bridgehead atoms. The second-order valence-electron chi connectivity index (χ2n) is 5.00. The van der Waals surface area contributed by atoms with Crippen LogP contribution in [0.3, 0.4) is 0 Å². The van der Waals surface area contributed by atoms with Gasteiger partial charge < -0.3 is 4.90 Å². The topological polar surface area (TPSA) is 63.9 Å². The van der Waals surface area contributed by atoms with Gasteiger partial charge in [0.2, 0.25) is 11.7 Å². The average Bonchev–Trinajstić information content (AvgIpc) is 3.17. The van der Waals surface area contributed by atoms with Crippen LogP contribution in [0, 0.1) is 0 Å². The lowest BCUT2D eigenvalue weighted by molar-refractivity contribution is -0.131. The Morgan fingerprint density at radius 2 is 2.22 bits per heavy atom. The van der Waals surface area contributed by atoms with Crippen LogP contribution in [0.4, 0.5) is 0 Å². The molecule has 0 aliphatic heterocycles. The van der Waals surface area contributed by atoms with Gasteiger partial charge in [-0.15, -0.1) is 21.5 Å². The van der Waals surface area contributed by atoms with Crippen molar-refractivity contribution in [2.45, 2.75) is 13.1 Å². The molecule has 118 valence electrons. The second-order valence-corrected chi connectivity index (χ2v) is 6.38. The Labute approximate surface area is 142 Å². The molecule has 0 radical (unpaired) electrons. The maximum Gasteiger partial charge on any atom is 0.246 e. The zero-order valence-electron chi connectivity index (χ0n) is 12.4. The van der Waals surface area contributed by atoms with Gasteiger partial charge in [-0.1, -0.05) is 29.8 Å². The summed E-state index contributed by atoms with van der Waals surface area (Å²) in [5.41, 5.74) is 0.971. The van der Waals surface area contributed by atoms with E-state index in [4.69, 9.17) is 11.6 Å². The fraction of sp³-hybridized carbons (Fsp3) is 0.200. The van der Waals surface area contributed by atoms with Crippen LogP contribution in [-0.4, -0.2) is 38.1 Å². The van der Waals surface area contributed by atoms with Crippen LogP contribution >= 0.6 is 22.9 Å². The van der Waals surface area contributed by atoms with E-state index >= 15 is 0 Å². The second kappa shape index (κ2) is 6.89. The zero-order chi connectivity index (χ0) is 16.2. The van der Waals surface area contributed by atoms with Crippen LogP contribution in [0.2, 0.25) is 5.02 Å². The minimum absolute atomic E-state index is 0.0510. The number of tetrazole rings is 1. The summed E-state index contributed by atoms with van der Waals surface area (Å²) in [7, 11) is 1.74. The minimum Gasteiger partial charge on any atom is -0.340 e. The van der Waals surface area contributed by atoms with E-state index in [1.807, 2.05) is 35.7 Å². The van der Waals surface area contributed by atoms with E-state index in [9.17, 15) is 4.79 Å². The Hall–Kier alpha value is -2.25. The predicted molar refractivity (Wildman–Crippen MR) is 89.1 cm³/mol. The molecule has 0 aliphatic rings. The third-order valence-corrected chi connectivity index (χ3v) is 4.31. The molecule has 0 fully saturated rings. The van der Waals surface area contributed by atoms with E-state index in [0.29, 0.717) is 17.4 Å². The van der Waals surface area contributed by atoms with E-state index in [1.165, 1.54) is 16.1 Å². The van der Waals surface area contributed by atoms with E-state index in [0.717, 1.165) is 10.4 Å². The number of carbonyl (C=O) groups is 1. The zero-order valence-corrected chi connectivity index (χ0v) is 14.0. The molecule has 3 rings (SSSR count). The monoisotopic (exact) mass is 347 g/mol. The minimum atomic E-state index is -0.0971. The summed E-state index contributed by atoms with van der Waals surface area (Å²) in [6, 6.07) is 11.3. The summed E-state index contributed by atoms with van der Waals surface area (Å²) < 4.78 is 0. The summed E-state index contributed by atoms with van der Waals surface area (Å²) in [5, 5.41) is 14.7. The third-order valence-electron chi connectivity index (χ3n) is 3.21. The van der Waals surface area contributed by atoms with Gasteiger partial charge in [0.15, 0.2) is 0 Å². The van der Waals surface area contributed by atoms with Crippen LogP contribution < -0.4 is 0 Å². The first kappa shape index (κ1) is 15.6. The van der Waals surface area contributed by atoms with Gasteiger partial charge in [-0.05, 0) is 34.4 Å². The number of carbonyl (C=O) groups excluding carboxylic acids is 1. The normalized spacial score (nSPS) is 10.7. The molecular formula is C15H14ClN5OS. The van der Waals surface area contributed by atoms with E-state index < -0.39 is 0 Å². The third kappa shape index (κ3) is 3.94. The number of nitrogens with zero attached hydrogens (tertiary/aromatic N) is 5. The van der Waals surface area contributed by atoms with Crippen molar-refractivity contribution in [2.24, 2.45) is 0 Å². The molecule has 3 aromatic rings. The van der Waals surface area contributed by atoms with Crippen LogP contribution in [0.25, 0.3) is 10.7 Å². The van der Waals surface area contributed by atoms with Crippen molar-refractivity contribution in [1.29, 1.82) is 0 Å². The number of rotatable bonds is 5. The Bertz CT molecular complexity index is 802. The van der Waals surface area contributed by atoms with Crippen molar-refractivity contribution < 1.29 is 4.79 Å². The largest absolute Gasteiger partial charge is 0.340 e. The molecule has 2 aromatic heterocycles. The number of hydrogen-bond donors (Lipinski definition) is 0. The molecule has 1 aromatic carbocycles. The smallest absolute Gasteiger partial charge is 0.246 e. The number of thiophene rings is 1. The first-order valence-corrected chi connectivity index (χ1v) is 8.17. The molecule has 2 heterocycles. The lowest BCUT2D eigenvalue weighted by Gasteiger charge is -2.16. The van der Waals surface area contributed by atoms with Gasteiger partial charge >= 0.3 is 0 Å². The molecule has 0 saturated heterocycles. The maximum absolute atomic E-state index is 12.3. The van der Waals surface area contributed by atoms with Gasteiger partial charge in [-0.3, -0.25) is 4.79 Å². The highest BCUT2D eigenvalue weighted by Crippen LogP contribution is 2.19. The van der Waals surface area contributed by atoms with Crippen molar-refractivity contribution in [2.75, 3.05) is 7.05 Å². The highest BCUT2D eigenvalue weighted by Gasteiger charge is 2.13. The van der Waals surface area contributed by atoms with Crippen molar-refractivity contribution in [3.05, 3.63) is 52.4 Å². The summed E-state index contributed by atoms with van der Waals surface area (Å²) in [4.78, 5) is 16.1. The number of amides is 1. The number of hydrogen-bond acceptors (Lipinski definition) is 5. The van der Waals surface area contributed by atoms with Gasteiger partial charge in [0, 0.05) is 18.6 Å². The van der Waals surface area contributed by atoms with Crippen LogP contribution in [0.15, 0.2) is 41.8 Å². The van der Waals surface area contributed by atoms with Gasteiger partial charge in [-0.2, -0.15) is 4.80 Å². The molecule has 1 amide bonds. The highest BCUT2D eigenvalue weighted by atomic mass is 35.5. The molecule has 0 atom stereocenters. The van der Waals surface area contributed by atoms with Gasteiger partial charge in [-0.25, -0.2) is 0 Å². The molecule has 0 saturated carbocycles. The standard InChI is InChI=1S/C15H14ClN5OS/c1-20(9-11-4-2-5-12(16)8-11)14(22)10-21-18-15(17-19-21)13-6-3-7-23-13/h2-8H,9-10H2,1H3. The molecule has 0 spiro atoms. The van der Waals surface area contributed by atoms with Gasteiger partial charge in [0.25, 0.3) is 0 Å². The van der Waals surface area contributed by atoms with Crippen molar-refractivity contribution in [3.8, 4) is 10.7 Å². The first-order valence-electron chi connectivity index (χ1n) is 6.92. The summed E-state index contributed by atoms with van der Waals surface area (Å²) in [5.74, 6) is 0.436. The SMILES string of the molecule is CN(Cc1cccc(Cl)c1)C(=O)Cn1nnc(-c2cccs2)n1. The Morgan fingerprint density at radius 1 is 1.35 bits per heavy atom. The fourth-order valence-electron chi connectivity index (χ4n) is 2.05. The van der Waals surface area contributed by atoms with E-state index in [-0.39, 0.29) is 12.5 Å². The van der Waals surface area contributed by atoms with Gasteiger partial charge in [0.1, 0.15) is 6.54 Å². The lowest BCUT2D eigenvalue weighted by Crippen LogP contribution is -2.30. The molecule has 8 heteroatoms. The molecule has 6 nitrogen and oxygen atoms in total. The first-order chi connectivity index (χ1) is 11.1. The summed E-state index contributed by atoms with van der Waals surface area (Å²) >= 11 is 7.49. The quantitative estimate of drug-likeness (QED) is 0.712. The molecule has 0 N–H and O–H groups in total. The van der Waals surface area contributed by atoms with E-state index in [2.05, 4.69) is 15.4 Å². The van der Waals surface area contributed by atoms with Crippen molar-refractivity contribution >= 4 is 28.8 Å². The highest BCUT2D eigenvalue weighted by molar-refractivity contribution is 7.13. The Balaban J connectivity index is 1.62. The Morgan fingerprint density at radius 3 is 2.96 bits per heavy atom. The molecule has 0 unspecified atom stereocenters. The van der Waals surface area contributed by atoms with Crippen LogP contribution in [-0.2, 0) is 17.9 Å². The fourth-order valence-corrected chi connectivity index (χ4v) is 2.91. The van der Waals surface area contributed by atoms with Gasteiger partial charge in [0.05, 0.1) is 4.88 Å². The maximum atomic E-state index is 12.3. The van der Waals surface area contributed by atoms with Crippen LogP contribution in [0.1, 0.15) is 5.56 Å². The number of halogens is 1. The molecule has 0 aliphatic carbocycles. The lowest BCUT2D eigenvalue weighted by atomic mass is 10.2. The number of aromatic nitrogens is 4. The molecule has 23 heavy (non-hydrogen) atoms. The Kier molecular flexibility index (Phi) is 4.68. The number of likely N-dealkylation sites (N-methyl/N-ethyl adjacent to an activating group) is 1. The predicted octanol–water partition coefficient (Wildman–Crippen LogP) is 2.71. The number of benzene rings is 1. The molecular weight excluding hydrogens is 334 g/mol. The van der Waals surface area contributed by atoms with Crippen LogP contribution in [0.5, 0.6) is 0 Å². The summed E-state index contributed by atoms with van der Waals surface area (Å²) in [6.07, 6.45) is 0. The van der Waals surface area contributed by atoms with Crippen molar-refractivity contribution in [3.63, 3.8) is 0 Å². The summed E-state index contributed by atoms with van der Waals surface area (Å²) in [6.45, 7) is 0.529.